The minimum Gasteiger partial charge on any atom is -0.368 e. The van der Waals surface area contributed by atoms with E-state index >= 15 is 0 Å². The van der Waals surface area contributed by atoms with Crippen LogP contribution in [0.4, 0.5) is 8.78 Å². The lowest BCUT2D eigenvalue weighted by Crippen LogP contribution is -2.35. The van der Waals surface area contributed by atoms with E-state index < -0.39 is 12.2 Å². The maximum Gasteiger partial charge on any atom is 0.288 e. The summed E-state index contributed by atoms with van der Waals surface area (Å²) in [7, 11) is 0. The number of hydrogen-bond donors (Lipinski definition) is 2. The van der Waals surface area contributed by atoms with Crippen molar-refractivity contribution in [2.24, 2.45) is 4.99 Å². The molecular formula is C8H10F2N2OS. The number of allylic oxidation sites excluding steroid dienone is 1. The summed E-state index contributed by atoms with van der Waals surface area (Å²) in [6.07, 6.45) is 0.597. The van der Waals surface area contributed by atoms with Gasteiger partial charge in [0.2, 0.25) is 0 Å². The van der Waals surface area contributed by atoms with Crippen molar-refractivity contribution in [3.05, 3.63) is 11.3 Å². The molecule has 2 rings (SSSR count). The van der Waals surface area contributed by atoms with Gasteiger partial charge >= 0.3 is 0 Å². The van der Waals surface area contributed by atoms with Crippen LogP contribution in [0.5, 0.6) is 0 Å². The average Bonchev–Trinajstić information content (AvgIpc) is 2.43. The molecule has 78 valence electrons. The number of aliphatic imine (C=N–C) groups is 1. The number of aliphatic hydroxyl groups is 1. The van der Waals surface area contributed by atoms with Crippen molar-refractivity contribution in [3.63, 3.8) is 0 Å². The number of amidine groups is 1. The van der Waals surface area contributed by atoms with Gasteiger partial charge in [0, 0.05) is 12.0 Å². The fourth-order valence-corrected chi connectivity index (χ4v) is 2.05. The van der Waals surface area contributed by atoms with E-state index in [1.54, 1.807) is 6.26 Å². The maximum atomic E-state index is 13.3. The number of alkyl halides is 2. The number of aliphatic hydroxyl groups excluding tert-OH is 1. The summed E-state index contributed by atoms with van der Waals surface area (Å²) in [5.74, 6) is -2.84. The SMILES string of the molecule is CSC1=NC(O)C2=C(N1)C(F)(F)CC2. The van der Waals surface area contributed by atoms with E-state index in [4.69, 9.17) is 0 Å². The Hall–Kier alpha value is -0.620. The minimum absolute atomic E-state index is 0.149. The Morgan fingerprint density at radius 1 is 1.64 bits per heavy atom. The van der Waals surface area contributed by atoms with Crippen molar-refractivity contribution >= 4 is 16.9 Å². The average molecular weight is 220 g/mol. The molecule has 1 unspecified atom stereocenters. The molecule has 3 nitrogen and oxygen atoms in total. The normalized spacial score (nSPS) is 29.7. The molecule has 0 saturated heterocycles. The quantitative estimate of drug-likeness (QED) is 0.647. The Bertz CT molecular complexity index is 327. The van der Waals surface area contributed by atoms with Crippen LogP contribution in [0, 0.1) is 0 Å². The molecule has 1 aliphatic heterocycles. The van der Waals surface area contributed by atoms with Gasteiger partial charge in [0.25, 0.3) is 5.92 Å². The Kier molecular flexibility index (Phi) is 2.27. The van der Waals surface area contributed by atoms with Crippen LogP contribution in [0.2, 0.25) is 0 Å². The second-order valence-corrected chi connectivity index (χ2v) is 4.04. The minimum atomic E-state index is -2.84. The monoisotopic (exact) mass is 220 g/mol. The van der Waals surface area contributed by atoms with E-state index in [-0.39, 0.29) is 18.5 Å². The van der Waals surface area contributed by atoms with Crippen molar-refractivity contribution in [1.29, 1.82) is 0 Å². The zero-order valence-corrected chi connectivity index (χ0v) is 8.37. The topological polar surface area (TPSA) is 44.6 Å². The van der Waals surface area contributed by atoms with Crippen molar-refractivity contribution < 1.29 is 13.9 Å². The molecule has 1 aliphatic carbocycles. The number of rotatable bonds is 0. The van der Waals surface area contributed by atoms with Crippen LogP contribution < -0.4 is 5.32 Å². The molecule has 6 heteroatoms. The van der Waals surface area contributed by atoms with Gasteiger partial charge in [-0.15, -0.1) is 0 Å². The highest BCUT2D eigenvalue weighted by Crippen LogP contribution is 2.41. The molecule has 0 saturated carbocycles. The molecule has 2 N–H and O–H groups in total. The molecular weight excluding hydrogens is 210 g/mol. The first-order chi connectivity index (χ1) is 6.54. The van der Waals surface area contributed by atoms with Gasteiger partial charge in [0.15, 0.2) is 11.4 Å². The van der Waals surface area contributed by atoms with Crippen molar-refractivity contribution in [2.75, 3.05) is 6.26 Å². The lowest BCUT2D eigenvalue weighted by Gasteiger charge is -2.22. The van der Waals surface area contributed by atoms with Crippen molar-refractivity contribution in [3.8, 4) is 0 Å². The fraction of sp³-hybridized carbons (Fsp3) is 0.625. The van der Waals surface area contributed by atoms with Crippen LogP contribution in [0.3, 0.4) is 0 Å². The van der Waals surface area contributed by atoms with Crippen molar-refractivity contribution in [1.82, 2.24) is 5.32 Å². The largest absolute Gasteiger partial charge is 0.368 e. The highest BCUT2D eigenvalue weighted by molar-refractivity contribution is 8.13. The molecule has 0 bridgehead atoms. The van der Waals surface area contributed by atoms with E-state index in [0.29, 0.717) is 10.7 Å². The standard InChI is InChI=1S/C8H10F2N2OS/c1-14-7-11-5-4(6(13)12-7)2-3-8(5,9)10/h6,13H,2-3H2,1H3,(H,11,12). The highest BCUT2D eigenvalue weighted by atomic mass is 32.2. The first-order valence-electron chi connectivity index (χ1n) is 4.23. The van der Waals surface area contributed by atoms with Gasteiger partial charge < -0.3 is 10.4 Å². The summed E-state index contributed by atoms with van der Waals surface area (Å²) in [6, 6.07) is 0. The van der Waals surface area contributed by atoms with Crippen LogP contribution in [0.1, 0.15) is 12.8 Å². The van der Waals surface area contributed by atoms with E-state index in [1.165, 1.54) is 11.8 Å². The van der Waals surface area contributed by atoms with E-state index in [0.717, 1.165) is 0 Å². The summed E-state index contributed by atoms with van der Waals surface area (Å²) in [4.78, 5) is 3.84. The summed E-state index contributed by atoms with van der Waals surface area (Å²) < 4.78 is 26.5. The van der Waals surface area contributed by atoms with Gasteiger partial charge in [-0.1, -0.05) is 11.8 Å². The molecule has 1 atom stereocenters. The van der Waals surface area contributed by atoms with E-state index in [1.807, 2.05) is 0 Å². The number of thioether (sulfide) groups is 1. The lowest BCUT2D eigenvalue weighted by atomic mass is 10.2. The molecule has 0 spiro atoms. The molecule has 2 aliphatic rings. The highest BCUT2D eigenvalue weighted by Gasteiger charge is 2.45. The van der Waals surface area contributed by atoms with Gasteiger partial charge in [0.05, 0.1) is 5.70 Å². The molecule has 0 aromatic heterocycles. The predicted molar refractivity (Wildman–Crippen MR) is 51.3 cm³/mol. The third-order valence-corrected chi connectivity index (χ3v) is 2.97. The third kappa shape index (κ3) is 1.42. The third-order valence-electron chi connectivity index (χ3n) is 2.37. The molecule has 0 fully saturated rings. The van der Waals surface area contributed by atoms with Gasteiger partial charge in [0.1, 0.15) is 0 Å². The lowest BCUT2D eigenvalue weighted by molar-refractivity contribution is 0.0387. The van der Waals surface area contributed by atoms with E-state index in [2.05, 4.69) is 10.3 Å². The Morgan fingerprint density at radius 3 is 3.00 bits per heavy atom. The zero-order valence-electron chi connectivity index (χ0n) is 7.55. The number of hydrogen-bond acceptors (Lipinski definition) is 4. The van der Waals surface area contributed by atoms with Crippen LogP contribution >= 0.6 is 11.8 Å². The summed E-state index contributed by atoms with van der Waals surface area (Å²) in [5.41, 5.74) is 0.178. The van der Waals surface area contributed by atoms with Crippen LogP contribution in [-0.2, 0) is 0 Å². The first kappa shape index (κ1) is 9.92. The first-order valence-corrected chi connectivity index (χ1v) is 5.45. The molecule has 1 heterocycles. The molecule has 0 amide bonds. The Balaban J connectivity index is 2.31. The number of nitrogens with zero attached hydrogens (tertiary/aromatic N) is 1. The van der Waals surface area contributed by atoms with Crippen molar-refractivity contribution in [2.45, 2.75) is 25.0 Å². The van der Waals surface area contributed by atoms with Crippen LogP contribution in [0.25, 0.3) is 0 Å². The van der Waals surface area contributed by atoms with Crippen LogP contribution in [-0.4, -0.2) is 28.7 Å². The predicted octanol–water partition coefficient (Wildman–Crippen LogP) is 1.31. The smallest absolute Gasteiger partial charge is 0.288 e. The maximum absolute atomic E-state index is 13.3. The fourth-order valence-electron chi connectivity index (χ4n) is 1.64. The van der Waals surface area contributed by atoms with E-state index in [9.17, 15) is 13.9 Å². The zero-order chi connectivity index (χ0) is 10.3. The number of halogens is 2. The summed E-state index contributed by atoms with van der Waals surface area (Å²) in [5, 5.41) is 12.4. The van der Waals surface area contributed by atoms with Gasteiger partial charge in [-0.05, 0) is 12.7 Å². The van der Waals surface area contributed by atoms with Crippen LogP contribution in [0.15, 0.2) is 16.3 Å². The summed E-state index contributed by atoms with van der Waals surface area (Å²) >= 11 is 1.21. The molecule has 0 aromatic rings. The second kappa shape index (κ2) is 3.20. The number of nitrogens with one attached hydrogen (secondary N) is 1. The summed E-state index contributed by atoms with van der Waals surface area (Å²) in [6.45, 7) is 0. The van der Waals surface area contributed by atoms with Gasteiger partial charge in [-0.2, -0.15) is 8.78 Å². The molecule has 0 radical (unpaired) electrons. The molecule has 14 heavy (non-hydrogen) atoms. The van der Waals surface area contributed by atoms with Gasteiger partial charge in [-0.25, -0.2) is 4.99 Å². The van der Waals surface area contributed by atoms with Gasteiger partial charge in [-0.3, -0.25) is 0 Å². The Morgan fingerprint density at radius 2 is 2.36 bits per heavy atom. The molecule has 0 aromatic carbocycles. The Labute approximate surface area is 84.3 Å². The second-order valence-electron chi connectivity index (χ2n) is 3.24.